The monoisotopic (exact) mass is 498 g/mol. The fourth-order valence-electron chi connectivity index (χ4n) is 2.42. The molecule has 140 valence electrons. The van der Waals surface area contributed by atoms with Gasteiger partial charge < -0.3 is 13.9 Å². The van der Waals surface area contributed by atoms with E-state index in [4.69, 9.17) is 13.9 Å². The number of imide groups is 2. The fraction of sp³-hybridized carbons (Fsp3) is 0.118. The van der Waals surface area contributed by atoms with E-state index in [0.717, 1.165) is 4.90 Å². The lowest BCUT2D eigenvalue weighted by atomic mass is 10.1. The van der Waals surface area contributed by atoms with Gasteiger partial charge in [0.15, 0.2) is 4.67 Å². The van der Waals surface area contributed by atoms with E-state index in [9.17, 15) is 14.4 Å². The molecule has 0 radical (unpaired) electrons. The van der Waals surface area contributed by atoms with Crippen LogP contribution < -0.4 is 19.7 Å². The number of benzene rings is 1. The van der Waals surface area contributed by atoms with Gasteiger partial charge in [-0.05, 0) is 56.1 Å². The maximum Gasteiger partial charge on any atom is 0.336 e. The molecule has 10 heteroatoms. The first kappa shape index (κ1) is 19.2. The lowest BCUT2D eigenvalue weighted by molar-refractivity contribution is -0.122. The zero-order valence-corrected chi connectivity index (χ0v) is 17.2. The molecule has 1 fully saturated rings. The summed E-state index contributed by atoms with van der Waals surface area (Å²) in [4.78, 5) is 38.2. The summed E-state index contributed by atoms with van der Waals surface area (Å²) >= 11 is 6.43. The van der Waals surface area contributed by atoms with Gasteiger partial charge in [0, 0.05) is 6.07 Å². The number of nitrogens with one attached hydrogen (secondary N) is 1. The van der Waals surface area contributed by atoms with Gasteiger partial charge in [0.05, 0.1) is 24.4 Å². The van der Waals surface area contributed by atoms with Crippen LogP contribution in [0.1, 0.15) is 5.76 Å². The van der Waals surface area contributed by atoms with Gasteiger partial charge in [-0.2, -0.15) is 0 Å². The van der Waals surface area contributed by atoms with Crippen LogP contribution in [0.5, 0.6) is 11.5 Å². The SMILES string of the molecule is COc1ccc(N2C(=O)NC(=O)/C(=C\c3cc(Br)c(Br)o3)C2=O)c(OC)c1. The van der Waals surface area contributed by atoms with E-state index in [0.29, 0.717) is 14.9 Å². The van der Waals surface area contributed by atoms with E-state index < -0.39 is 17.8 Å². The van der Waals surface area contributed by atoms with Gasteiger partial charge in [0.25, 0.3) is 11.8 Å². The van der Waals surface area contributed by atoms with Crippen LogP contribution >= 0.6 is 31.9 Å². The highest BCUT2D eigenvalue weighted by atomic mass is 79.9. The molecule has 0 aliphatic carbocycles. The quantitative estimate of drug-likeness (QED) is 0.510. The molecule has 0 unspecified atom stereocenters. The topological polar surface area (TPSA) is 98.1 Å². The summed E-state index contributed by atoms with van der Waals surface area (Å²) < 4.78 is 16.8. The molecule has 2 heterocycles. The number of urea groups is 1. The van der Waals surface area contributed by atoms with Gasteiger partial charge in [0.2, 0.25) is 0 Å². The van der Waals surface area contributed by atoms with Gasteiger partial charge >= 0.3 is 6.03 Å². The van der Waals surface area contributed by atoms with E-state index in [1.807, 2.05) is 0 Å². The molecule has 1 aliphatic rings. The minimum absolute atomic E-state index is 0.168. The molecule has 1 N–H and O–H groups in total. The Balaban J connectivity index is 2.05. The molecule has 0 atom stereocenters. The first-order valence-corrected chi connectivity index (χ1v) is 9.02. The van der Waals surface area contributed by atoms with Crippen LogP contribution in [0, 0.1) is 0 Å². The van der Waals surface area contributed by atoms with Crippen molar-refractivity contribution in [1.82, 2.24) is 5.32 Å². The number of hydrogen-bond donors (Lipinski definition) is 1. The Morgan fingerprint density at radius 2 is 1.85 bits per heavy atom. The molecule has 1 saturated heterocycles. The Labute approximate surface area is 170 Å². The number of anilines is 1. The zero-order valence-electron chi connectivity index (χ0n) is 14.0. The summed E-state index contributed by atoms with van der Waals surface area (Å²) in [6.07, 6.45) is 1.25. The minimum Gasteiger partial charge on any atom is -0.497 e. The second kappa shape index (κ2) is 7.57. The lowest BCUT2D eigenvalue weighted by Gasteiger charge is -2.27. The molecule has 2 aromatic rings. The van der Waals surface area contributed by atoms with Gasteiger partial charge in [-0.15, -0.1) is 0 Å². The van der Waals surface area contributed by atoms with Gasteiger partial charge in [-0.25, -0.2) is 9.69 Å². The number of nitrogens with zero attached hydrogens (tertiary/aromatic N) is 1. The number of methoxy groups -OCH3 is 2. The molecule has 0 spiro atoms. The summed E-state index contributed by atoms with van der Waals surface area (Å²) in [5.41, 5.74) is -0.0952. The first-order chi connectivity index (χ1) is 12.8. The van der Waals surface area contributed by atoms with Crippen molar-refractivity contribution in [3.05, 3.63) is 44.7 Å². The number of hydrogen-bond acceptors (Lipinski definition) is 6. The number of carbonyl (C=O) groups excluding carboxylic acids is 3. The van der Waals surface area contributed by atoms with Crippen molar-refractivity contribution in [2.24, 2.45) is 0 Å². The van der Waals surface area contributed by atoms with E-state index in [-0.39, 0.29) is 22.8 Å². The number of barbiturate groups is 1. The molecular formula is C17H12Br2N2O6. The van der Waals surface area contributed by atoms with Crippen LogP contribution in [0.4, 0.5) is 10.5 Å². The maximum absolute atomic E-state index is 12.9. The van der Waals surface area contributed by atoms with Crippen LogP contribution in [0.2, 0.25) is 0 Å². The first-order valence-electron chi connectivity index (χ1n) is 7.44. The van der Waals surface area contributed by atoms with E-state index in [1.165, 1.54) is 32.4 Å². The molecule has 3 rings (SSSR count). The number of ether oxygens (including phenoxy) is 2. The Bertz CT molecular complexity index is 962. The summed E-state index contributed by atoms with van der Waals surface area (Å²) in [6, 6.07) is 5.28. The predicted molar refractivity (Wildman–Crippen MR) is 103 cm³/mol. The van der Waals surface area contributed by atoms with Gasteiger partial charge in [-0.1, -0.05) is 0 Å². The van der Waals surface area contributed by atoms with Gasteiger partial charge in [-0.3, -0.25) is 14.9 Å². The predicted octanol–water partition coefficient (Wildman–Crippen LogP) is 3.49. The van der Waals surface area contributed by atoms with Crippen molar-refractivity contribution < 1.29 is 28.3 Å². The summed E-state index contributed by atoms with van der Waals surface area (Å²) in [5, 5.41) is 2.14. The lowest BCUT2D eigenvalue weighted by Crippen LogP contribution is -2.54. The third-order valence-corrected chi connectivity index (χ3v) is 5.39. The van der Waals surface area contributed by atoms with E-state index >= 15 is 0 Å². The van der Waals surface area contributed by atoms with Crippen molar-refractivity contribution in [3.8, 4) is 11.5 Å². The Morgan fingerprint density at radius 1 is 1.11 bits per heavy atom. The van der Waals surface area contributed by atoms with Crippen LogP contribution in [0.15, 0.2) is 43.4 Å². The summed E-state index contributed by atoms with van der Waals surface area (Å²) in [5.74, 6) is -0.663. The Morgan fingerprint density at radius 3 is 2.44 bits per heavy atom. The van der Waals surface area contributed by atoms with Crippen LogP contribution in [0.25, 0.3) is 6.08 Å². The minimum atomic E-state index is -0.882. The summed E-state index contributed by atoms with van der Waals surface area (Å²) in [7, 11) is 2.87. The molecular weight excluding hydrogens is 488 g/mol. The van der Waals surface area contributed by atoms with Crippen LogP contribution in [-0.4, -0.2) is 32.1 Å². The Kier molecular flexibility index (Phi) is 5.38. The molecule has 0 bridgehead atoms. The number of carbonyl (C=O) groups is 3. The van der Waals surface area contributed by atoms with Crippen molar-refractivity contribution in [1.29, 1.82) is 0 Å². The second-order valence-corrected chi connectivity index (χ2v) is 6.84. The van der Waals surface area contributed by atoms with Crippen LogP contribution in [0.3, 0.4) is 0 Å². The standard InChI is InChI=1S/C17H12Br2N2O6/c1-25-8-3-4-12(13(7-8)26-2)21-16(23)10(15(22)20-17(21)24)5-9-6-11(18)14(19)27-9/h3-7H,1-2H3,(H,20,22,24)/b10-5+. The fourth-order valence-corrected chi connectivity index (χ4v) is 3.03. The Hall–Kier alpha value is -2.59. The highest BCUT2D eigenvalue weighted by Crippen LogP contribution is 2.35. The molecule has 1 aliphatic heterocycles. The zero-order chi connectivity index (χ0) is 19.7. The summed E-state index contributed by atoms with van der Waals surface area (Å²) in [6.45, 7) is 0. The molecule has 1 aromatic heterocycles. The average Bonchev–Trinajstić information content (AvgIpc) is 2.96. The maximum atomic E-state index is 12.9. The number of furan rings is 1. The number of halogens is 2. The smallest absolute Gasteiger partial charge is 0.336 e. The molecule has 1 aromatic carbocycles. The second-order valence-electron chi connectivity index (χ2n) is 5.27. The third kappa shape index (κ3) is 3.62. The molecule has 8 nitrogen and oxygen atoms in total. The van der Waals surface area contributed by atoms with Crippen molar-refractivity contribution in [3.63, 3.8) is 0 Å². The molecule has 4 amide bonds. The van der Waals surface area contributed by atoms with Crippen molar-refractivity contribution in [2.45, 2.75) is 0 Å². The normalized spacial score (nSPS) is 15.9. The molecule has 0 saturated carbocycles. The highest BCUT2D eigenvalue weighted by Gasteiger charge is 2.38. The average molecular weight is 500 g/mol. The van der Waals surface area contributed by atoms with Gasteiger partial charge in [0.1, 0.15) is 22.8 Å². The number of rotatable bonds is 4. The molecule has 27 heavy (non-hydrogen) atoms. The van der Waals surface area contributed by atoms with Crippen LogP contribution in [-0.2, 0) is 9.59 Å². The van der Waals surface area contributed by atoms with E-state index in [1.54, 1.807) is 12.1 Å². The third-order valence-electron chi connectivity index (χ3n) is 3.68. The van der Waals surface area contributed by atoms with E-state index in [2.05, 4.69) is 37.2 Å². The number of amides is 4. The largest absolute Gasteiger partial charge is 0.497 e. The van der Waals surface area contributed by atoms with Crippen molar-refractivity contribution in [2.75, 3.05) is 19.1 Å². The van der Waals surface area contributed by atoms with Crippen molar-refractivity contribution >= 4 is 61.5 Å². The highest BCUT2D eigenvalue weighted by molar-refractivity contribution is 9.13.